The van der Waals surface area contributed by atoms with Crippen molar-refractivity contribution in [3.63, 3.8) is 0 Å². The van der Waals surface area contributed by atoms with E-state index in [9.17, 15) is 14.7 Å². The minimum absolute atomic E-state index is 0.0941. The molecule has 7 heteroatoms. The van der Waals surface area contributed by atoms with E-state index in [1.165, 1.54) is 0 Å². The average Bonchev–Trinajstić information content (AvgIpc) is 3.46. The molecule has 0 spiro atoms. The fourth-order valence-corrected chi connectivity index (χ4v) is 4.10. The Kier molecular flexibility index (Phi) is 5.61. The zero-order valence-corrected chi connectivity index (χ0v) is 17.7. The number of amides is 2. The number of methoxy groups -OCH3 is 1. The van der Waals surface area contributed by atoms with Gasteiger partial charge in [-0.2, -0.15) is 0 Å². The number of aliphatic hydroxyl groups excluding tert-OH is 1. The van der Waals surface area contributed by atoms with Crippen molar-refractivity contribution in [2.24, 2.45) is 0 Å². The molecule has 6 nitrogen and oxygen atoms in total. The van der Waals surface area contributed by atoms with Crippen LogP contribution in [0.25, 0.3) is 0 Å². The number of hydrogen-bond acceptors (Lipinski definition) is 4. The summed E-state index contributed by atoms with van der Waals surface area (Å²) in [4.78, 5) is 27.3. The van der Waals surface area contributed by atoms with Gasteiger partial charge in [0.2, 0.25) is 0 Å². The maximum atomic E-state index is 13.2. The lowest BCUT2D eigenvalue weighted by molar-refractivity contribution is 0.0715. The summed E-state index contributed by atoms with van der Waals surface area (Å²) in [6.07, 6.45) is 1.89. The number of β-amino-alcohol motifs (C(OH)–C–C–N with tert-alkyl or cyclic N) is 1. The van der Waals surface area contributed by atoms with Crippen molar-refractivity contribution in [1.29, 1.82) is 0 Å². The smallest absolute Gasteiger partial charge is 0.254 e. The maximum absolute atomic E-state index is 13.2. The number of aliphatic hydroxyl groups is 1. The lowest BCUT2D eigenvalue weighted by Crippen LogP contribution is -2.32. The molecule has 1 saturated carbocycles. The molecule has 2 aromatic rings. The van der Waals surface area contributed by atoms with Crippen molar-refractivity contribution < 1.29 is 19.4 Å². The monoisotopic (exact) mass is 458 g/mol. The summed E-state index contributed by atoms with van der Waals surface area (Å²) in [6.45, 7) is 0.250. The Balaban J connectivity index is 1.59. The van der Waals surface area contributed by atoms with Crippen LogP contribution in [0.15, 0.2) is 46.9 Å². The van der Waals surface area contributed by atoms with Gasteiger partial charge in [-0.3, -0.25) is 9.59 Å². The van der Waals surface area contributed by atoms with Gasteiger partial charge in [0.25, 0.3) is 11.8 Å². The molecule has 2 unspecified atom stereocenters. The minimum Gasteiger partial charge on any atom is -0.496 e. The Morgan fingerprint density at radius 1 is 1.17 bits per heavy atom. The first-order valence-corrected chi connectivity index (χ1v) is 10.5. The lowest BCUT2D eigenvalue weighted by Gasteiger charge is -2.25. The number of ether oxygens (including phenoxy) is 1. The molecular weight excluding hydrogens is 436 g/mol. The first kappa shape index (κ1) is 19.9. The molecule has 1 aliphatic carbocycles. The minimum atomic E-state index is -0.606. The van der Waals surface area contributed by atoms with Gasteiger partial charge in [0, 0.05) is 23.7 Å². The number of carbonyl (C=O) groups excluding carboxylic acids is 2. The third-order valence-electron chi connectivity index (χ3n) is 5.38. The Bertz CT molecular complexity index is 944. The average molecular weight is 459 g/mol. The van der Waals surface area contributed by atoms with Gasteiger partial charge in [-0.25, -0.2) is 0 Å². The zero-order valence-electron chi connectivity index (χ0n) is 16.1. The van der Waals surface area contributed by atoms with Crippen molar-refractivity contribution in [2.75, 3.05) is 13.7 Å². The first-order chi connectivity index (χ1) is 14.0. The van der Waals surface area contributed by atoms with Crippen LogP contribution in [0.2, 0.25) is 0 Å². The fourth-order valence-electron chi connectivity index (χ4n) is 3.70. The predicted molar refractivity (Wildman–Crippen MR) is 112 cm³/mol. The molecule has 2 atom stereocenters. The van der Waals surface area contributed by atoms with Crippen LogP contribution in [0.5, 0.6) is 5.75 Å². The molecule has 2 N–H and O–H groups in total. The van der Waals surface area contributed by atoms with E-state index >= 15 is 0 Å². The summed E-state index contributed by atoms with van der Waals surface area (Å²) in [5.74, 6) is 0.305. The summed E-state index contributed by atoms with van der Waals surface area (Å²) in [5, 5.41) is 13.3. The third kappa shape index (κ3) is 4.31. The van der Waals surface area contributed by atoms with Crippen LogP contribution >= 0.6 is 15.9 Å². The van der Waals surface area contributed by atoms with E-state index in [1.54, 1.807) is 36.3 Å². The van der Waals surface area contributed by atoms with Gasteiger partial charge in [0.05, 0.1) is 23.7 Å². The molecule has 0 bridgehead atoms. The van der Waals surface area contributed by atoms with Crippen molar-refractivity contribution in [2.45, 2.75) is 37.5 Å². The second kappa shape index (κ2) is 8.16. The fraction of sp³-hybridized carbons (Fsp3) is 0.364. The summed E-state index contributed by atoms with van der Waals surface area (Å²) in [7, 11) is 1.55. The molecule has 2 aromatic carbocycles. The van der Waals surface area contributed by atoms with E-state index in [4.69, 9.17) is 4.74 Å². The predicted octanol–water partition coefficient (Wildman–Crippen LogP) is 3.30. The number of rotatable bonds is 5. The molecule has 2 fully saturated rings. The second-order valence-corrected chi connectivity index (χ2v) is 8.44. The van der Waals surface area contributed by atoms with E-state index in [0.717, 1.165) is 22.9 Å². The van der Waals surface area contributed by atoms with Gasteiger partial charge in [0.1, 0.15) is 5.75 Å². The van der Waals surface area contributed by atoms with Gasteiger partial charge in [-0.05, 0) is 71.1 Å². The molecule has 1 saturated heterocycles. The molecular formula is C22H23BrN2O4. The van der Waals surface area contributed by atoms with Crippen LogP contribution in [-0.2, 0) is 0 Å². The van der Waals surface area contributed by atoms with Crippen LogP contribution in [0.4, 0.5) is 0 Å². The highest BCUT2D eigenvalue weighted by Crippen LogP contribution is 2.35. The summed E-state index contributed by atoms with van der Waals surface area (Å²) < 4.78 is 6.07. The summed E-state index contributed by atoms with van der Waals surface area (Å²) >= 11 is 3.40. The highest BCUT2D eigenvalue weighted by molar-refractivity contribution is 9.10. The Hall–Kier alpha value is -2.38. The van der Waals surface area contributed by atoms with E-state index in [1.807, 2.05) is 18.2 Å². The number of benzene rings is 2. The highest BCUT2D eigenvalue weighted by Gasteiger charge is 2.36. The van der Waals surface area contributed by atoms with Crippen molar-refractivity contribution in [3.05, 3.63) is 63.6 Å². The number of hydrogen-bond donors (Lipinski definition) is 2. The molecule has 1 heterocycles. The standard InChI is InChI=1S/C22H23BrN2O4/c1-29-20-10-15(5-8-18(20)23)22(28)25-12-17(26)11-19(25)13-3-2-4-14(9-13)21(27)24-16-6-7-16/h2-5,8-10,16-17,19,26H,6-7,11-12H2,1H3,(H,24,27). The number of halogens is 1. The molecule has 4 rings (SSSR count). The van der Waals surface area contributed by atoms with Crippen LogP contribution in [0, 0.1) is 0 Å². The number of likely N-dealkylation sites (tertiary alicyclic amines) is 1. The number of carbonyl (C=O) groups is 2. The van der Waals surface area contributed by atoms with Gasteiger partial charge >= 0.3 is 0 Å². The van der Waals surface area contributed by atoms with Gasteiger partial charge < -0.3 is 20.1 Å². The molecule has 152 valence electrons. The molecule has 2 aliphatic rings. The van der Waals surface area contributed by atoms with E-state index in [2.05, 4.69) is 21.2 Å². The number of nitrogens with zero attached hydrogens (tertiary/aromatic N) is 1. The largest absolute Gasteiger partial charge is 0.496 e. The van der Waals surface area contributed by atoms with Gasteiger partial charge in [-0.15, -0.1) is 0 Å². The topological polar surface area (TPSA) is 78.9 Å². The van der Waals surface area contributed by atoms with Crippen molar-refractivity contribution in [1.82, 2.24) is 10.2 Å². The zero-order chi connectivity index (χ0) is 20.5. The van der Waals surface area contributed by atoms with Gasteiger partial charge in [-0.1, -0.05) is 12.1 Å². The molecule has 1 aliphatic heterocycles. The van der Waals surface area contributed by atoms with E-state index in [-0.39, 0.29) is 30.4 Å². The molecule has 0 aromatic heterocycles. The van der Waals surface area contributed by atoms with Gasteiger partial charge in [0.15, 0.2) is 0 Å². The highest BCUT2D eigenvalue weighted by atomic mass is 79.9. The van der Waals surface area contributed by atoms with Crippen molar-refractivity contribution in [3.8, 4) is 5.75 Å². The molecule has 29 heavy (non-hydrogen) atoms. The normalized spacial score (nSPS) is 21.1. The Labute approximate surface area is 178 Å². The first-order valence-electron chi connectivity index (χ1n) is 9.69. The van der Waals surface area contributed by atoms with Crippen LogP contribution in [-0.4, -0.2) is 47.6 Å². The van der Waals surface area contributed by atoms with E-state index < -0.39 is 6.10 Å². The maximum Gasteiger partial charge on any atom is 0.254 e. The van der Waals surface area contributed by atoms with Crippen LogP contribution < -0.4 is 10.1 Å². The Morgan fingerprint density at radius 3 is 2.69 bits per heavy atom. The van der Waals surface area contributed by atoms with Crippen LogP contribution in [0.1, 0.15) is 51.6 Å². The molecule has 2 amide bonds. The van der Waals surface area contributed by atoms with Crippen LogP contribution in [0.3, 0.4) is 0 Å². The second-order valence-electron chi connectivity index (χ2n) is 7.59. The Morgan fingerprint density at radius 2 is 1.97 bits per heavy atom. The lowest BCUT2D eigenvalue weighted by atomic mass is 10.0. The van der Waals surface area contributed by atoms with E-state index in [0.29, 0.717) is 23.3 Å². The summed E-state index contributed by atoms with van der Waals surface area (Å²) in [6, 6.07) is 12.5. The molecule has 0 radical (unpaired) electrons. The third-order valence-corrected chi connectivity index (χ3v) is 6.04. The summed E-state index contributed by atoms with van der Waals surface area (Å²) in [5.41, 5.74) is 1.92. The quantitative estimate of drug-likeness (QED) is 0.720. The SMILES string of the molecule is COc1cc(C(=O)N2CC(O)CC2c2cccc(C(=O)NC3CC3)c2)ccc1Br. The van der Waals surface area contributed by atoms with Crippen molar-refractivity contribution >= 4 is 27.7 Å². The number of nitrogens with one attached hydrogen (secondary N) is 1.